The molecule has 17 heavy (non-hydrogen) atoms. The zero-order valence-electron chi connectivity index (χ0n) is 10.6. The van der Waals surface area contributed by atoms with E-state index in [9.17, 15) is 0 Å². The molecule has 1 saturated heterocycles. The van der Waals surface area contributed by atoms with Crippen LogP contribution in [0, 0.1) is 0 Å². The normalized spacial score (nSPS) is 25.5. The fraction of sp³-hybridized carbons (Fsp3) is 0.600. The molecule has 0 amide bonds. The Balaban J connectivity index is 2.12. The van der Waals surface area contributed by atoms with Crippen LogP contribution in [0.2, 0.25) is 5.02 Å². The highest BCUT2D eigenvalue weighted by Crippen LogP contribution is 2.27. The largest absolute Gasteiger partial charge is 0.311 e. The molecule has 0 aliphatic carbocycles. The van der Waals surface area contributed by atoms with Gasteiger partial charge in [-0.05, 0) is 49.9 Å². The topological polar surface area (TPSA) is 12.0 Å². The minimum Gasteiger partial charge on any atom is -0.311 e. The first-order valence-electron chi connectivity index (χ1n) is 6.74. The molecule has 0 saturated carbocycles. The molecule has 1 fully saturated rings. The van der Waals surface area contributed by atoms with Crippen molar-refractivity contribution >= 4 is 11.6 Å². The van der Waals surface area contributed by atoms with E-state index in [4.69, 9.17) is 11.6 Å². The summed E-state index contributed by atoms with van der Waals surface area (Å²) in [4.78, 5) is 0. The van der Waals surface area contributed by atoms with Gasteiger partial charge in [0, 0.05) is 10.6 Å². The molecule has 1 N–H and O–H groups in total. The van der Waals surface area contributed by atoms with Gasteiger partial charge >= 0.3 is 0 Å². The molecule has 1 aliphatic heterocycles. The molecule has 1 aliphatic rings. The maximum absolute atomic E-state index is 6.06. The standard InChI is InChI=1S/C15H22ClN/c1-2-15(9-4-3-5-10-17-15)12-13-7-6-8-14(16)11-13/h6-8,11,17H,2-5,9-10,12H2,1H3. The minimum absolute atomic E-state index is 0.293. The fourth-order valence-corrected chi connectivity index (χ4v) is 3.04. The first kappa shape index (κ1) is 12.9. The Morgan fingerprint density at radius 2 is 2.18 bits per heavy atom. The van der Waals surface area contributed by atoms with Gasteiger partial charge in [0.2, 0.25) is 0 Å². The predicted molar refractivity (Wildman–Crippen MR) is 74.6 cm³/mol. The average molecular weight is 252 g/mol. The van der Waals surface area contributed by atoms with Gasteiger partial charge in [-0.25, -0.2) is 0 Å². The van der Waals surface area contributed by atoms with Crippen molar-refractivity contribution in [3.05, 3.63) is 34.9 Å². The van der Waals surface area contributed by atoms with Crippen molar-refractivity contribution in [3.63, 3.8) is 0 Å². The van der Waals surface area contributed by atoms with Gasteiger partial charge in [-0.2, -0.15) is 0 Å². The summed E-state index contributed by atoms with van der Waals surface area (Å²) in [6.07, 6.45) is 7.61. The third kappa shape index (κ3) is 3.46. The Labute approximate surface area is 110 Å². The Morgan fingerprint density at radius 3 is 2.94 bits per heavy atom. The Morgan fingerprint density at radius 1 is 1.29 bits per heavy atom. The van der Waals surface area contributed by atoms with Crippen LogP contribution in [-0.4, -0.2) is 12.1 Å². The molecule has 0 spiro atoms. The van der Waals surface area contributed by atoms with Gasteiger partial charge < -0.3 is 5.32 Å². The SMILES string of the molecule is CCC1(Cc2cccc(Cl)c2)CCCCCN1. The van der Waals surface area contributed by atoms with Crippen LogP contribution in [-0.2, 0) is 6.42 Å². The molecule has 1 aromatic carbocycles. The van der Waals surface area contributed by atoms with Crippen LogP contribution in [0.3, 0.4) is 0 Å². The van der Waals surface area contributed by atoms with Crippen LogP contribution in [0.5, 0.6) is 0 Å². The molecule has 1 heterocycles. The van der Waals surface area contributed by atoms with E-state index >= 15 is 0 Å². The van der Waals surface area contributed by atoms with Crippen LogP contribution in [0.25, 0.3) is 0 Å². The fourth-order valence-electron chi connectivity index (χ4n) is 2.82. The van der Waals surface area contributed by atoms with Gasteiger partial charge in [-0.3, -0.25) is 0 Å². The lowest BCUT2D eigenvalue weighted by atomic mass is 9.84. The summed E-state index contributed by atoms with van der Waals surface area (Å²) < 4.78 is 0. The third-order valence-corrected chi connectivity index (χ3v) is 4.18. The van der Waals surface area contributed by atoms with E-state index in [2.05, 4.69) is 30.4 Å². The summed E-state index contributed by atoms with van der Waals surface area (Å²) >= 11 is 6.06. The van der Waals surface area contributed by atoms with Crippen LogP contribution >= 0.6 is 11.6 Å². The molecule has 1 atom stereocenters. The lowest BCUT2D eigenvalue weighted by Crippen LogP contribution is -2.46. The van der Waals surface area contributed by atoms with Crippen molar-refractivity contribution in [1.82, 2.24) is 5.32 Å². The first-order chi connectivity index (χ1) is 8.24. The smallest absolute Gasteiger partial charge is 0.0408 e. The van der Waals surface area contributed by atoms with Crippen molar-refractivity contribution in [2.75, 3.05) is 6.54 Å². The second kappa shape index (κ2) is 5.88. The van der Waals surface area contributed by atoms with E-state index in [1.165, 1.54) is 37.7 Å². The van der Waals surface area contributed by atoms with E-state index in [1.807, 2.05) is 6.07 Å². The highest BCUT2D eigenvalue weighted by molar-refractivity contribution is 6.30. The number of hydrogen-bond acceptors (Lipinski definition) is 1. The molecular weight excluding hydrogens is 230 g/mol. The quantitative estimate of drug-likeness (QED) is 0.849. The number of hydrogen-bond donors (Lipinski definition) is 1. The molecule has 0 aromatic heterocycles. The molecule has 0 radical (unpaired) electrons. The van der Waals surface area contributed by atoms with Crippen LogP contribution < -0.4 is 5.32 Å². The molecule has 2 rings (SSSR count). The maximum Gasteiger partial charge on any atom is 0.0408 e. The average Bonchev–Trinajstić information content (AvgIpc) is 2.55. The van der Waals surface area contributed by atoms with Gasteiger partial charge in [0.1, 0.15) is 0 Å². The van der Waals surface area contributed by atoms with Crippen LogP contribution in [0.4, 0.5) is 0 Å². The van der Waals surface area contributed by atoms with E-state index in [0.29, 0.717) is 5.54 Å². The second-order valence-corrected chi connectivity index (χ2v) is 5.61. The molecule has 1 nitrogen and oxygen atoms in total. The van der Waals surface area contributed by atoms with Gasteiger partial charge in [0.05, 0.1) is 0 Å². The third-order valence-electron chi connectivity index (χ3n) is 3.94. The highest BCUT2D eigenvalue weighted by Gasteiger charge is 2.28. The van der Waals surface area contributed by atoms with Gasteiger partial charge in [0.15, 0.2) is 0 Å². The van der Waals surface area contributed by atoms with E-state index in [0.717, 1.165) is 18.0 Å². The Hall–Kier alpha value is -0.530. The van der Waals surface area contributed by atoms with Crippen molar-refractivity contribution in [3.8, 4) is 0 Å². The minimum atomic E-state index is 0.293. The highest BCUT2D eigenvalue weighted by atomic mass is 35.5. The molecular formula is C15H22ClN. The van der Waals surface area contributed by atoms with Crippen molar-refractivity contribution in [1.29, 1.82) is 0 Å². The van der Waals surface area contributed by atoms with E-state index in [1.54, 1.807) is 0 Å². The van der Waals surface area contributed by atoms with Gasteiger partial charge in [-0.1, -0.05) is 43.5 Å². The second-order valence-electron chi connectivity index (χ2n) is 5.18. The zero-order chi connectivity index (χ0) is 12.1. The lowest BCUT2D eigenvalue weighted by molar-refractivity contribution is 0.302. The van der Waals surface area contributed by atoms with E-state index in [-0.39, 0.29) is 0 Å². The molecule has 1 aromatic rings. The molecule has 0 bridgehead atoms. The summed E-state index contributed by atoms with van der Waals surface area (Å²) in [5.41, 5.74) is 1.65. The predicted octanol–water partition coefficient (Wildman–Crippen LogP) is 4.19. The number of nitrogens with one attached hydrogen (secondary N) is 1. The molecule has 94 valence electrons. The molecule has 1 unspecified atom stereocenters. The van der Waals surface area contributed by atoms with Crippen molar-refractivity contribution < 1.29 is 0 Å². The summed E-state index contributed by atoms with van der Waals surface area (Å²) in [7, 11) is 0. The lowest BCUT2D eigenvalue weighted by Gasteiger charge is -2.33. The summed E-state index contributed by atoms with van der Waals surface area (Å²) in [5, 5.41) is 4.62. The monoisotopic (exact) mass is 251 g/mol. The Kier molecular flexibility index (Phi) is 4.47. The summed E-state index contributed by atoms with van der Waals surface area (Å²) in [5.74, 6) is 0. The summed E-state index contributed by atoms with van der Waals surface area (Å²) in [6.45, 7) is 3.46. The maximum atomic E-state index is 6.06. The molecule has 2 heteroatoms. The van der Waals surface area contributed by atoms with Gasteiger partial charge in [0.25, 0.3) is 0 Å². The van der Waals surface area contributed by atoms with Crippen LogP contribution in [0.15, 0.2) is 24.3 Å². The van der Waals surface area contributed by atoms with Crippen LogP contribution in [0.1, 0.15) is 44.6 Å². The van der Waals surface area contributed by atoms with Crippen molar-refractivity contribution in [2.45, 2.75) is 51.0 Å². The Bertz CT molecular complexity index is 354. The van der Waals surface area contributed by atoms with Gasteiger partial charge in [-0.15, -0.1) is 0 Å². The number of benzene rings is 1. The first-order valence-corrected chi connectivity index (χ1v) is 7.11. The van der Waals surface area contributed by atoms with E-state index < -0.39 is 0 Å². The zero-order valence-corrected chi connectivity index (χ0v) is 11.4. The summed E-state index contributed by atoms with van der Waals surface area (Å²) in [6, 6.07) is 8.29. The van der Waals surface area contributed by atoms with Crippen molar-refractivity contribution in [2.24, 2.45) is 0 Å². The number of halogens is 1. The number of rotatable bonds is 3.